The highest BCUT2D eigenvalue weighted by Gasteiger charge is 2.46. The number of carbonyl (C=O) groups excluding carboxylic acids is 1. The average molecular weight is 484 g/mol. The van der Waals surface area contributed by atoms with Crippen LogP contribution in [0.4, 0.5) is 4.79 Å². The van der Waals surface area contributed by atoms with Crippen molar-refractivity contribution in [3.8, 4) is 11.1 Å². The van der Waals surface area contributed by atoms with Crippen LogP contribution >= 0.6 is 23.2 Å². The molecule has 4 rings (SSSR count). The van der Waals surface area contributed by atoms with Crippen LogP contribution in [0.15, 0.2) is 66.7 Å². The van der Waals surface area contributed by atoms with Gasteiger partial charge in [0, 0.05) is 18.0 Å². The number of carboxylic acids is 1. The number of carbonyl (C=O) groups is 2. The summed E-state index contributed by atoms with van der Waals surface area (Å²) in [6.45, 7) is 3.31. The zero-order valence-corrected chi connectivity index (χ0v) is 19.7. The minimum absolute atomic E-state index is 0.0857. The molecule has 0 aliphatic heterocycles. The van der Waals surface area contributed by atoms with Crippen molar-refractivity contribution >= 4 is 35.3 Å². The van der Waals surface area contributed by atoms with Gasteiger partial charge in [-0.25, -0.2) is 9.59 Å². The summed E-state index contributed by atoms with van der Waals surface area (Å²) in [6, 6.07) is 20.8. The van der Waals surface area contributed by atoms with Crippen LogP contribution in [0, 0.1) is 0 Å². The number of amides is 1. The van der Waals surface area contributed by atoms with Gasteiger partial charge in [-0.2, -0.15) is 0 Å². The van der Waals surface area contributed by atoms with E-state index in [0.29, 0.717) is 0 Å². The molecule has 0 fully saturated rings. The average Bonchev–Trinajstić information content (AvgIpc) is 3.13. The summed E-state index contributed by atoms with van der Waals surface area (Å²) >= 11 is 12.5. The predicted molar refractivity (Wildman–Crippen MR) is 129 cm³/mol. The Morgan fingerprint density at radius 3 is 2.09 bits per heavy atom. The first-order chi connectivity index (χ1) is 15.8. The number of hydrogen-bond donors (Lipinski definition) is 1. The number of aliphatic carboxylic acids is 1. The molecule has 0 spiro atoms. The van der Waals surface area contributed by atoms with E-state index in [0.717, 1.165) is 22.3 Å². The highest BCUT2D eigenvalue weighted by molar-refractivity contribution is 6.42. The van der Waals surface area contributed by atoms with Crippen LogP contribution < -0.4 is 0 Å². The molecule has 170 valence electrons. The molecular weight excluding hydrogens is 461 g/mol. The lowest BCUT2D eigenvalue weighted by Gasteiger charge is -2.37. The van der Waals surface area contributed by atoms with E-state index in [-0.39, 0.29) is 34.7 Å². The number of benzene rings is 3. The summed E-state index contributed by atoms with van der Waals surface area (Å²) in [5, 5.41) is 10.4. The van der Waals surface area contributed by atoms with Gasteiger partial charge >= 0.3 is 12.1 Å². The van der Waals surface area contributed by atoms with Gasteiger partial charge in [-0.15, -0.1) is 0 Å². The van der Waals surface area contributed by atoms with Gasteiger partial charge in [-0.3, -0.25) is 4.90 Å². The van der Waals surface area contributed by atoms with E-state index >= 15 is 0 Å². The first-order valence-electron chi connectivity index (χ1n) is 10.6. The second-order valence-corrected chi connectivity index (χ2v) is 8.81. The van der Waals surface area contributed by atoms with Crippen molar-refractivity contribution in [1.29, 1.82) is 0 Å². The number of rotatable bonds is 6. The Morgan fingerprint density at radius 2 is 1.55 bits per heavy atom. The fourth-order valence-corrected chi connectivity index (χ4v) is 5.04. The molecule has 7 heteroatoms. The Kier molecular flexibility index (Phi) is 6.37. The number of halogens is 2. The smallest absolute Gasteiger partial charge is 0.411 e. The Bertz CT molecular complexity index is 1180. The second-order valence-electron chi connectivity index (χ2n) is 8.03. The molecule has 0 aromatic heterocycles. The van der Waals surface area contributed by atoms with Crippen LogP contribution in [0.2, 0.25) is 10.0 Å². The van der Waals surface area contributed by atoms with Crippen LogP contribution in [0.1, 0.15) is 36.5 Å². The first kappa shape index (κ1) is 23.1. The van der Waals surface area contributed by atoms with E-state index in [1.165, 1.54) is 11.8 Å². The maximum absolute atomic E-state index is 13.2. The van der Waals surface area contributed by atoms with E-state index in [1.807, 2.05) is 36.4 Å². The molecule has 0 saturated heterocycles. The fourth-order valence-electron chi connectivity index (χ4n) is 4.56. The van der Waals surface area contributed by atoms with Crippen molar-refractivity contribution in [2.24, 2.45) is 0 Å². The van der Waals surface area contributed by atoms with Gasteiger partial charge in [0.15, 0.2) is 5.54 Å². The van der Waals surface area contributed by atoms with Gasteiger partial charge in [0.1, 0.15) is 6.61 Å². The SMILES string of the molecule is CCN(C(=O)OCC1c2ccccc2-c2ccccc21)C(C)(C(=O)O)c1cccc(Cl)c1Cl. The van der Waals surface area contributed by atoms with E-state index in [4.69, 9.17) is 27.9 Å². The third kappa shape index (κ3) is 3.85. The number of fused-ring (bicyclic) bond motifs is 3. The summed E-state index contributed by atoms with van der Waals surface area (Å²) in [7, 11) is 0. The van der Waals surface area contributed by atoms with Crippen LogP contribution in [0.3, 0.4) is 0 Å². The molecule has 3 aromatic rings. The Morgan fingerprint density at radius 1 is 0.970 bits per heavy atom. The van der Waals surface area contributed by atoms with Gasteiger partial charge in [-0.05, 0) is 42.2 Å². The van der Waals surface area contributed by atoms with Crippen molar-refractivity contribution in [1.82, 2.24) is 4.90 Å². The van der Waals surface area contributed by atoms with Crippen molar-refractivity contribution < 1.29 is 19.4 Å². The monoisotopic (exact) mass is 483 g/mol. The molecular formula is C26H23Cl2NO4. The maximum Gasteiger partial charge on any atom is 0.411 e. The van der Waals surface area contributed by atoms with Crippen molar-refractivity contribution in [2.75, 3.05) is 13.2 Å². The van der Waals surface area contributed by atoms with Gasteiger partial charge in [0.2, 0.25) is 0 Å². The maximum atomic E-state index is 13.2. The predicted octanol–water partition coefficient (Wildman–Crippen LogP) is 6.56. The number of likely N-dealkylation sites (N-methyl/N-ethyl adjacent to an activating group) is 1. The summed E-state index contributed by atoms with van der Waals surface area (Å²) in [4.78, 5) is 26.8. The zero-order valence-electron chi connectivity index (χ0n) is 18.2. The molecule has 5 nitrogen and oxygen atoms in total. The first-order valence-corrected chi connectivity index (χ1v) is 11.4. The van der Waals surface area contributed by atoms with Gasteiger partial charge in [-0.1, -0.05) is 83.9 Å². The second kappa shape index (κ2) is 9.08. The summed E-state index contributed by atoms with van der Waals surface area (Å²) in [5.41, 5.74) is 2.84. The lowest BCUT2D eigenvalue weighted by Crippen LogP contribution is -2.53. The summed E-state index contributed by atoms with van der Waals surface area (Å²) in [5.74, 6) is -1.37. The Balaban J connectivity index is 1.63. The molecule has 1 atom stereocenters. The number of hydrogen-bond acceptors (Lipinski definition) is 3. The molecule has 1 N–H and O–H groups in total. The van der Waals surface area contributed by atoms with Gasteiger partial charge in [0.05, 0.1) is 10.0 Å². The molecule has 1 aliphatic carbocycles. The fraction of sp³-hybridized carbons (Fsp3) is 0.231. The lowest BCUT2D eigenvalue weighted by molar-refractivity contribution is -0.150. The summed E-state index contributed by atoms with van der Waals surface area (Å²) < 4.78 is 5.73. The highest BCUT2D eigenvalue weighted by Crippen LogP contribution is 2.45. The van der Waals surface area contributed by atoms with Crippen LogP contribution in [-0.4, -0.2) is 35.2 Å². The summed E-state index contributed by atoms with van der Waals surface area (Å²) in [6.07, 6.45) is -0.736. The highest BCUT2D eigenvalue weighted by atomic mass is 35.5. The third-order valence-electron chi connectivity index (χ3n) is 6.31. The molecule has 0 heterocycles. The molecule has 1 unspecified atom stereocenters. The third-order valence-corrected chi connectivity index (χ3v) is 7.12. The van der Waals surface area contributed by atoms with Gasteiger partial charge < -0.3 is 9.84 Å². The van der Waals surface area contributed by atoms with Crippen molar-refractivity contribution in [2.45, 2.75) is 25.3 Å². The van der Waals surface area contributed by atoms with Crippen molar-refractivity contribution in [3.05, 3.63) is 93.5 Å². The molecule has 0 bridgehead atoms. The standard InChI is InChI=1S/C26H23Cl2NO4/c1-3-29(26(2,24(30)31)21-13-8-14-22(27)23(21)28)25(32)33-15-20-18-11-6-4-9-16(18)17-10-5-7-12-19(17)20/h4-14,20H,3,15H2,1-2H3,(H,30,31). The molecule has 1 amide bonds. The number of carboxylic acid groups (broad SMARTS) is 1. The normalized spacial score (nSPS) is 14.2. The van der Waals surface area contributed by atoms with E-state index in [2.05, 4.69) is 12.1 Å². The Hall–Kier alpha value is -3.02. The van der Waals surface area contributed by atoms with Crippen LogP contribution in [0.25, 0.3) is 11.1 Å². The lowest BCUT2D eigenvalue weighted by atomic mass is 9.90. The largest absolute Gasteiger partial charge is 0.479 e. The topological polar surface area (TPSA) is 66.8 Å². The van der Waals surface area contributed by atoms with E-state index in [1.54, 1.807) is 25.1 Å². The van der Waals surface area contributed by atoms with E-state index in [9.17, 15) is 14.7 Å². The van der Waals surface area contributed by atoms with Crippen LogP contribution in [-0.2, 0) is 15.1 Å². The molecule has 1 aliphatic rings. The quantitative estimate of drug-likeness (QED) is 0.430. The van der Waals surface area contributed by atoms with Crippen molar-refractivity contribution in [3.63, 3.8) is 0 Å². The number of nitrogens with zero attached hydrogens (tertiary/aromatic N) is 1. The van der Waals surface area contributed by atoms with E-state index < -0.39 is 17.6 Å². The minimum Gasteiger partial charge on any atom is -0.479 e. The van der Waals surface area contributed by atoms with Crippen LogP contribution in [0.5, 0.6) is 0 Å². The molecule has 0 radical (unpaired) electrons. The molecule has 0 saturated carbocycles. The molecule has 3 aromatic carbocycles. The zero-order chi connectivity index (χ0) is 23.8. The Labute approximate surface area is 202 Å². The van der Waals surface area contributed by atoms with Gasteiger partial charge in [0.25, 0.3) is 0 Å². The number of ether oxygens (including phenoxy) is 1. The minimum atomic E-state index is -1.76. The molecule has 33 heavy (non-hydrogen) atoms.